The lowest BCUT2D eigenvalue weighted by Gasteiger charge is -2.20. The highest BCUT2D eigenvalue weighted by Crippen LogP contribution is 2.45. The van der Waals surface area contributed by atoms with Crippen LogP contribution in [0.15, 0.2) is 28.8 Å². The summed E-state index contributed by atoms with van der Waals surface area (Å²) in [5.41, 5.74) is -0.180. The Labute approximate surface area is 160 Å². The van der Waals surface area contributed by atoms with Crippen molar-refractivity contribution in [3.63, 3.8) is 0 Å². The first-order chi connectivity index (χ1) is 12.9. The largest absolute Gasteiger partial charge is 0.487 e. The van der Waals surface area contributed by atoms with Crippen molar-refractivity contribution < 1.29 is 27.5 Å². The van der Waals surface area contributed by atoms with E-state index in [2.05, 4.69) is 10.3 Å². The lowest BCUT2D eigenvalue weighted by molar-refractivity contribution is -0.139. The van der Waals surface area contributed by atoms with Crippen LogP contribution in [0.5, 0.6) is 5.75 Å². The zero-order valence-corrected chi connectivity index (χ0v) is 16.0. The molecule has 0 aliphatic carbocycles. The fourth-order valence-corrected chi connectivity index (χ4v) is 3.51. The van der Waals surface area contributed by atoms with E-state index in [1.165, 1.54) is 6.07 Å². The number of rotatable bonds is 3. The van der Waals surface area contributed by atoms with Gasteiger partial charge in [-0.05, 0) is 51.5 Å². The van der Waals surface area contributed by atoms with Gasteiger partial charge in [-0.15, -0.1) is 0 Å². The van der Waals surface area contributed by atoms with Crippen molar-refractivity contribution in [2.24, 2.45) is 10.9 Å². The molecule has 2 amide bonds. The topological polar surface area (TPSA) is 67.8 Å². The molecule has 0 saturated heterocycles. The van der Waals surface area contributed by atoms with E-state index in [0.29, 0.717) is 11.3 Å². The molecule has 5 nitrogen and oxygen atoms in total. The highest BCUT2D eigenvalue weighted by atomic mass is 19.4. The number of carbonyl (C=O) groups excluding carboxylic acids is 2. The Morgan fingerprint density at radius 1 is 1.32 bits per heavy atom. The zero-order valence-electron chi connectivity index (χ0n) is 16.0. The van der Waals surface area contributed by atoms with Crippen molar-refractivity contribution >= 4 is 17.5 Å². The summed E-state index contributed by atoms with van der Waals surface area (Å²) in [6.07, 6.45) is -2.63. The minimum atomic E-state index is -4.65. The van der Waals surface area contributed by atoms with E-state index >= 15 is 0 Å². The van der Waals surface area contributed by atoms with E-state index in [1.54, 1.807) is 33.8 Å². The number of ether oxygens (including phenoxy) is 1. The number of allylic oxidation sites excluding steroid dienone is 1. The lowest BCUT2D eigenvalue weighted by Crippen LogP contribution is -2.34. The molecule has 2 heterocycles. The van der Waals surface area contributed by atoms with Gasteiger partial charge in [-0.1, -0.05) is 5.57 Å². The van der Waals surface area contributed by atoms with Gasteiger partial charge in [0.15, 0.2) is 0 Å². The molecular weight excluding hydrogens is 373 g/mol. The van der Waals surface area contributed by atoms with Crippen molar-refractivity contribution in [3.8, 4) is 5.75 Å². The Kier molecular flexibility index (Phi) is 4.85. The molecular formula is C20H21F3N2O3. The number of alkyl halides is 3. The van der Waals surface area contributed by atoms with Crippen LogP contribution >= 0.6 is 0 Å². The Balaban J connectivity index is 1.84. The molecule has 28 heavy (non-hydrogen) atoms. The summed E-state index contributed by atoms with van der Waals surface area (Å²) in [4.78, 5) is 28.4. The molecule has 0 spiro atoms. The molecule has 1 N–H and O–H groups in total. The van der Waals surface area contributed by atoms with Gasteiger partial charge in [-0.2, -0.15) is 13.2 Å². The van der Waals surface area contributed by atoms with Crippen LogP contribution in [0.3, 0.4) is 0 Å². The van der Waals surface area contributed by atoms with Crippen molar-refractivity contribution in [3.05, 3.63) is 40.5 Å². The fourth-order valence-electron chi connectivity index (χ4n) is 3.51. The first kappa shape index (κ1) is 20.1. The lowest BCUT2D eigenvalue weighted by atomic mass is 9.95. The fraction of sp³-hybridized carbons (Fsp3) is 0.450. The molecule has 0 radical (unpaired) electrons. The number of hydrogen-bond donors (Lipinski definition) is 1. The summed E-state index contributed by atoms with van der Waals surface area (Å²) in [6, 6.07) is 2.21. The van der Waals surface area contributed by atoms with Crippen LogP contribution in [0.2, 0.25) is 0 Å². The van der Waals surface area contributed by atoms with Crippen LogP contribution in [0.1, 0.15) is 49.2 Å². The van der Waals surface area contributed by atoms with Crippen LogP contribution in [-0.4, -0.2) is 29.7 Å². The van der Waals surface area contributed by atoms with E-state index < -0.39 is 29.2 Å². The Morgan fingerprint density at radius 3 is 2.61 bits per heavy atom. The number of hydrogen-bond acceptors (Lipinski definition) is 3. The second kappa shape index (κ2) is 6.76. The van der Waals surface area contributed by atoms with Crippen LogP contribution in [0.4, 0.5) is 13.2 Å². The van der Waals surface area contributed by atoms with Crippen LogP contribution in [0.25, 0.3) is 0 Å². The Morgan fingerprint density at radius 2 is 2.00 bits per heavy atom. The molecule has 2 aliphatic heterocycles. The Hall–Kier alpha value is -2.64. The molecule has 3 rings (SSSR count). The smallest absolute Gasteiger partial charge is 0.419 e. The van der Waals surface area contributed by atoms with Gasteiger partial charge in [-0.3, -0.25) is 9.59 Å². The number of benzene rings is 1. The Bertz CT molecular complexity index is 914. The summed E-state index contributed by atoms with van der Waals surface area (Å²) < 4.78 is 45.9. The minimum absolute atomic E-state index is 0.0305. The average Bonchev–Trinajstić information content (AvgIpc) is 2.85. The molecule has 0 aromatic heterocycles. The molecule has 0 bridgehead atoms. The maximum atomic E-state index is 13.5. The van der Waals surface area contributed by atoms with Gasteiger partial charge in [0.2, 0.25) is 0 Å². The van der Waals surface area contributed by atoms with E-state index in [0.717, 1.165) is 11.6 Å². The number of halogens is 3. The monoisotopic (exact) mass is 394 g/mol. The minimum Gasteiger partial charge on any atom is -0.487 e. The summed E-state index contributed by atoms with van der Waals surface area (Å²) in [7, 11) is 0. The third kappa shape index (κ3) is 3.95. The van der Waals surface area contributed by atoms with Crippen LogP contribution in [0, 0.1) is 5.92 Å². The average molecular weight is 394 g/mol. The van der Waals surface area contributed by atoms with E-state index in [4.69, 9.17) is 4.74 Å². The van der Waals surface area contributed by atoms with Gasteiger partial charge >= 0.3 is 6.18 Å². The van der Waals surface area contributed by atoms with E-state index in [1.807, 2.05) is 0 Å². The molecule has 0 fully saturated rings. The zero-order chi connectivity index (χ0) is 20.9. The quantitative estimate of drug-likeness (QED) is 0.850. The molecule has 0 saturated carbocycles. The maximum absolute atomic E-state index is 13.5. The first-order valence-electron chi connectivity index (χ1n) is 8.86. The number of amides is 2. The third-order valence-electron chi connectivity index (χ3n) is 4.77. The van der Waals surface area contributed by atoms with Gasteiger partial charge in [0, 0.05) is 24.2 Å². The van der Waals surface area contributed by atoms with E-state index in [9.17, 15) is 22.8 Å². The summed E-state index contributed by atoms with van der Waals surface area (Å²) in [5, 5.41) is 2.56. The summed E-state index contributed by atoms with van der Waals surface area (Å²) >= 11 is 0. The van der Waals surface area contributed by atoms with Crippen molar-refractivity contribution in [1.82, 2.24) is 5.32 Å². The molecule has 1 aromatic carbocycles. The van der Waals surface area contributed by atoms with Crippen molar-refractivity contribution in [2.75, 3.05) is 6.54 Å². The number of dihydropyridines is 1. The predicted molar refractivity (Wildman–Crippen MR) is 97.6 cm³/mol. The van der Waals surface area contributed by atoms with Gasteiger partial charge in [0.05, 0.1) is 11.5 Å². The molecule has 150 valence electrons. The highest BCUT2D eigenvalue weighted by Gasteiger charge is 2.42. The predicted octanol–water partition coefficient (Wildman–Crippen LogP) is 3.71. The number of nitrogens with zero attached hydrogens (tertiary/aromatic N) is 1. The van der Waals surface area contributed by atoms with Gasteiger partial charge in [0.1, 0.15) is 11.4 Å². The number of fused-ring (bicyclic) bond motifs is 1. The van der Waals surface area contributed by atoms with Gasteiger partial charge < -0.3 is 10.1 Å². The normalized spacial score (nSPS) is 20.8. The van der Waals surface area contributed by atoms with Crippen LogP contribution in [-0.2, 0) is 17.4 Å². The number of nitrogens with one attached hydrogen (secondary N) is 1. The molecule has 1 aromatic rings. The van der Waals surface area contributed by atoms with Gasteiger partial charge in [0.25, 0.3) is 11.8 Å². The molecule has 1 unspecified atom stereocenters. The SMILES string of the molecule is CC1=CC(C)=NC(=O)C1CNC(=O)c1cc2c(c(C(F)(F)F)c1)OC(C)(C)C2. The molecule has 2 aliphatic rings. The maximum Gasteiger partial charge on any atom is 0.419 e. The van der Waals surface area contributed by atoms with E-state index in [-0.39, 0.29) is 30.2 Å². The third-order valence-corrected chi connectivity index (χ3v) is 4.77. The number of carbonyl (C=O) groups is 2. The van der Waals surface area contributed by atoms with Crippen molar-refractivity contribution in [2.45, 2.75) is 45.9 Å². The van der Waals surface area contributed by atoms with Crippen LogP contribution < -0.4 is 10.1 Å². The second-order valence-electron chi connectivity index (χ2n) is 7.79. The van der Waals surface area contributed by atoms with Crippen molar-refractivity contribution in [1.29, 1.82) is 0 Å². The standard InChI is InChI=1S/C20H21F3N2O3/c1-10-5-11(2)25-18(27)14(10)9-24-17(26)12-6-13-8-19(3,4)28-16(13)15(7-12)20(21,22)23/h5-7,14H,8-9H2,1-4H3,(H,24,26). The molecule has 1 atom stereocenters. The second-order valence-corrected chi connectivity index (χ2v) is 7.79. The molecule has 8 heteroatoms. The summed E-state index contributed by atoms with van der Waals surface area (Å²) in [6.45, 7) is 6.81. The number of aliphatic imine (C=N–C) groups is 1. The summed E-state index contributed by atoms with van der Waals surface area (Å²) in [5.74, 6) is -1.89. The first-order valence-corrected chi connectivity index (χ1v) is 8.86. The highest BCUT2D eigenvalue weighted by molar-refractivity contribution is 6.06. The van der Waals surface area contributed by atoms with Gasteiger partial charge in [-0.25, -0.2) is 4.99 Å².